The van der Waals surface area contributed by atoms with Crippen molar-refractivity contribution in [3.63, 3.8) is 0 Å². The van der Waals surface area contributed by atoms with E-state index < -0.39 is 0 Å². The Balaban J connectivity index is 1.46. The molecule has 158 valence electrons. The molecule has 0 aliphatic heterocycles. The lowest BCUT2D eigenvalue weighted by Gasteiger charge is -2.18. The van der Waals surface area contributed by atoms with E-state index in [1.54, 1.807) is 41.9 Å². The Kier molecular flexibility index (Phi) is 6.43. The van der Waals surface area contributed by atoms with Crippen molar-refractivity contribution in [2.45, 2.75) is 11.2 Å². The minimum absolute atomic E-state index is 0.103. The molecule has 1 atom stereocenters. The fourth-order valence-electron chi connectivity index (χ4n) is 3.08. The molecule has 4 aromatic rings. The van der Waals surface area contributed by atoms with E-state index in [2.05, 4.69) is 15.5 Å². The fraction of sp³-hybridized carbons (Fsp3) is 0.136. The SMILES string of the molecule is Cn1c(SCC(=O)NC(c2ccc(F)cc2)c2cccs2)nnc1-c1ccccc1F. The van der Waals surface area contributed by atoms with Gasteiger partial charge < -0.3 is 9.88 Å². The lowest BCUT2D eigenvalue weighted by molar-refractivity contribution is -0.119. The van der Waals surface area contributed by atoms with E-state index in [4.69, 9.17) is 0 Å². The van der Waals surface area contributed by atoms with Crippen molar-refractivity contribution in [2.24, 2.45) is 7.05 Å². The molecule has 1 N–H and O–H groups in total. The Morgan fingerprint density at radius 1 is 1.10 bits per heavy atom. The first kappa shape index (κ1) is 21.2. The van der Waals surface area contributed by atoms with E-state index in [1.807, 2.05) is 17.5 Å². The van der Waals surface area contributed by atoms with Crippen molar-refractivity contribution in [3.05, 3.63) is 88.1 Å². The number of hydrogen-bond acceptors (Lipinski definition) is 5. The summed E-state index contributed by atoms with van der Waals surface area (Å²) in [5.41, 5.74) is 1.14. The Morgan fingerprint density at radius 3 is 2.58 bits per heavy atom. The highest BCUT2D eigenvalue weighted by atomic mass is 32.2. The summed E-state index contributed by atoms with van der Waals surface area (Å²) in [5, 5.41) is 13.6. The van der Waals surface area contributed by atoms with Gasteiger partial charge in [-0.05, 0) is 41.3 Å². The zero-order valence-electron chi connectivity index (χ0n) is 16.5. The predicted octanol–water partition coefficient (Wildman–Crippen LogP) is 4.82. The highest BCUT2D eigenvalue weighted by Gasteiger charge is 2.20. The molecule has 2 heterocycles. The highest BCUT2D eigenvalue weighted by molar-refractivity contribution is 7.99. The second-order valence-electron chi connectivity index (χ2n) is 6.70. The summed E-state index contributed by atoms with van der Waals surface area (Å²) in [7, 11) is 1.73. The van der Waals surface area contributed by atoms with Crippen LogP contribution in [0.5, 0.6) is 0 Å². The quantitative estimate of drug-likeness (QED) is 0.405. The van der Waals surface area contributed by atoms with Gasteiger partial charge in [-0.1, -0.05) is 42.1 Å². The van der Waals surface area contributed by atoms with Gasteiger partial charge in [-0.2, -0.15) is 0 Å². The van der Waals surface area contributed by atoms with Gasteiger partial charge in [0, 0.05) is 11.9 Å². The van der Waals surface area contributed by atoms with Crippen LogP contribution >= 0.6 is 23.1 Å². The van der Waals surface area contributed by atoms with Crippen LogP contribution in [0.4, 0.5) is 8.78 Å². The number of nitrogens with zero attached hydrogens (tertiary/aromatic N) is 3. The summed E-state index contributed by atoms with van der Waals surface area (Å²) in [4.78, 5) is 13.6. The van der Waals surface area contributed by atoms with Crippen LogP contribution in [-0.2, 0) is 11.8 Å². The predicted molar refractivity (Wildman–Crippen MR) is 118 cm³/mol. The van der Waals surface area contributed by atoms with Gasteiger partial charge in [-0.25, -0.2) is 8.78 Å². The fourth-order valence-corrected chi connectivity index (χ4v) is 4.60. The van der Waals surface area contributed by atoms with Gasteiger partial charge in [0.2, 0.25) is 5.91 Å². The van der Waals surface area contributed by atoms with Gasteiger partial charge >= 0.3 is 0 Å². The van der Waals surface area contributed by atoms with Crippen molar-refractivity contribution in [3.8, 4) is 11.4 Å². The number of benzene rings is 2. The maximum atomic E-state index is 14.1. The summed E-state index contributed by atoms with van der Waals surface area (Å²) < 4.78 is 29.1. The number of thioether (sulfide) groups is 1. The molecular formula is C22H18F2N4OS2. The van der Waals surface area contributed by atoms with Crippen molar-refractivity contribution >= 4 is 29.0 Å². The lowest BCUT2D eigenvalue weighted by Crippen LogP contribution is -2.30. The van der Waals surface area contributed by atoms with Gasteiger partial charge in [-0.15, -0.1) is 21.5 Å². The second-order valence-corrected chi connectivity index (χ2v) is 8.62. The van der Waals surface area contributed by atoms with E-state index in [0.717, 1.165) is 10.4 Å². The number of carbonyl (C=O) groups is 1. The molecule has 0 saturated heterocycles. The Hall–Kier alpha value is -3.04. The number of aromatic nitrogens is 3. The van der Waals surface area contributed by atoms with Gasteiger partial charge in [0.25, 0.3) is 0 Å². The van der Waals surface area contributed by atoms with E-state index in [1.165, 1.54) is 41.3 Å². The average molecular weight is 457 g/mol. The zero-order valence-corrected chi connectivity index (χ0v) is 18.1. The number of nitrogens with one attached hydrogen (secondary N) is 1. The summed E-state index contributed by atoms with van der Waals surface area (Å²) in [6.45, 7) is 0. The molecule has 0 fully saturated rings. The molecule has 5 nitrogen and oxygen atoms in total. The molecule has 4 rings (SSSR count). The van der Waals surface area contributed by atoms with Crippen LogP contribution < -0.4 is 5.32 Å². The van der Waals surface area contributed by atoms with Gasteiger partial charge in [-0.3, -0.25) is 4.79 Å². The molecule has 0 saturated carbocycles. The molecule has 9 heteroatoms. The summed E-state index contributed by atoms with van der Waals surface area (Å²) >= 11 is 2.73. The van der Waals surface area contributed by atoms with Crippen LogP contribution in [0.25, 0.3) is 11.4 Å². The Morgan fingerprint density at radius 2 is 1.87 bits per heavy atom. The van der Waals surface area contributed by atoms with Crippen molar-refractivity contribution in [1.82, 2.24) is 20.1 Å². The normalized spacial score (nSPS) is 12.0. The summed E-state index contributed by atoms with van der Waals surface area (Å²) in [5.74, 6) is -0.424. The number of carbonyl (C=O) groups excluding carboxylic acids is 1. The maximum absolute atomic E-state index is 14.1. The van der Waals surface area contributed by atoms with Crippen LogP contribution in [0.3, 0.4) is 0 Å². The smallest absolute Gasteiger partial charge is 0.231 e. The second kappa shape index (κ2) is 9.40. The number of halogens is 2. The highest BCUT2D eigenvalue weighted by Crippen LogP contribution is 2.28. The molecule has 2 aromatic heterocycles. The van der Waals surface area contributed by atoms with Crippen LogP contribution in [0.2, 0.25) is 0 Å². The maximum Gasteiger partial charge on any atom is 0.231 e. The Bertz CT molecular complexity index is 1180. The van der Waals surface area contributed by atoms with Gasteiger partial charge in [0.15, 0.2) is 11.0 Å². The van der Waals surface area contributed by atoms with E-state index in [9.17, 15) is 13.6 Å². The van der Waals surface area contributed by atoms with E-state index in [-0.39, 0.29) is 29.3 Å². The largest absolute Gasteiger partial charge is 0.344 e. The minimum atomic E-state index is -0.384. The van der Waals surface area contributed by atoms with Crippen molar-refractivity contribution < 1.29 is 13.6 Å². The third-order valence-electron chi connectivity index (χ3n) is 4.62. The van der Waals surface area contributed by atoms with E-state index in [0.29, 0.717) is 16.5 Å². The van der Waals surface area contributed by atoms with Gasteiger partial charge in [0.05, 0.1) is 17.4 Å². The summed E-state index contributed by atoms with van der Waals surface area (Å²) in [6, 6.07) is 15.9. The van der Waals surface area contributed by atoms with Crippen LogP contribution in [0.1, 0.15) is 16.5 Å². The van der Waals surface area contributed by atoms with Crippen LogP contribution in [0, 0.1) is 11.6 Å². The first-order valence-electron chi connectivity index (χ1n) is 9.38. The van der Waals surface area contributed by atoms with Crippen LogP contribution in [0.15, 0.2) is 71.2 Å². The number of hydrogen-bond donors (Lipinski definition) is 1. The molecule has 0 spiro atoms. The topological polar surface area (TPSA) is 59.8 Å². The third-order valence-corrected chi connectivity index (χ3v) is 6.58. The molecule has 0 bridgehead atoms. The average Bonchev–Trinajstić information content (AvgIpc) is 3.42. The lowest BCUT2D eigenvalue weighted by atomic mass is 10.1. The molecule has 1 unspecified atom stereocenters. The monoisotopic (exact) mass is 456 g/mol. The molecular weight excluding hydrogens is 438 g/mol. The zero-order chi connectivity index (χ0) is 21.8. The minimum Gasteiger partial charge on any atom is -0.344 e. The molecule has 0 aliphatic carbocycles. The number of thiophene rings is 1. The van der Waals surface area contributed by atoms with E-state index >= 15 is 0 Å². The van der Waals surface area contributed by atoms with Crippen LogP contribution in [-0.4, -0.2) is 26.4 Å². The molecule has 1 amide bonds. The number of rotatable bonds is 7. The molecule has 0 radical (unpaired) electrons. The van der Waals surface area contributed by atoms with Gasteiger partial charge in [0.1, 0.15) is 11.6 Å². The molecule has 2 aromatic carbocycles. The summed E-state index contributed by atoms with van der Waals surface area (Å²) in [6.07, 6.45) is 0. The standard InChI is InChI=1S/C22H18F2N4OS2/c1-28-21(16-5-2-3-6-17(16)24)26-27-22(28)31-13-19(29)25-20(18-7-4-12-30-18)14-8-10-15(23)11-9-14/h2-12,20H,13H2,1H3,(H,25,29). The first-order valence-corrected chi connectivity index (χ1v) is 11.2. The number of amides is 1. The first-order chi connectivity index (χ1) is 15.0. The molecule has 31 heavy (non-hydrogen) atoms. The Labute approximate surface area is 186 Å². The molecule has 0 aliphatic rings. The third kappa shape index (κ3) is 4.83. The van der Waals surface area contributed by atoms with Crippen molar-refractivity contribution in [2.75, 3.05) is 5.75 Å². The van der Waals surface area contributed by atoms with Crippen molar-refractivity contribution in [1.29, 1.82) is 0 Å².